The van der Waals surface area contributed by atoms with Gasteiger partial charge < -0.3 is 19.4 Å². The first-order valence-electron chi connectivity index (χ1n) is 9.44. The number of pyridine rings is 1. The summed E-state index contributed by atoms with van der Waals surface area (Å²) < 4.78 is 54.6. The largest absolute Gasteiger partial charge is 0.493 e. The van der Waals surface area contributed by atoms with Gasteiger partial charge in [0.05, 0.1) is 59.6 Å². The van der Waals surface area contributed by atoms with Crippen molar-refractivity contribution in [3.05, 3.63) is 36.2 Å². The van der Waals surface area contributed by atoms with Gasteiger partial charge in [-0.15, -0.1) is 5.16 Å². The molecule has 33 heavy (non-hydrogen) atoms. The van der Waals surface area contributed by atoms with Gasteiger partial charge in [-0.25, -0.2) is 4.98 Å². The number of fused-ring (bicyclic) bond motifs is 1. The topological polar surface area (TPSA) is 125 Å². The predicted molar refractivity (Wildman–Crippen MR) is 114 cm³/mol. The van der Waals surface area contributed by atoms with Crippen LogP contribution in [0.15, 0.2) is 40.8 Å². The molecule has 0 saturated heterocycles. The van der Waals surface area contributed by atoms with E-state index in [4.69, 9.17) is 14.7 Å². The lowest BCUT2D eigenvalue weighted by Gasteiger charge is -2.12. The van der Waals surface area contributed by atoms with Crippen molar-refractivity contribution in [1.82, 2.24) is 14.5 Å². The smallest absolute Gasteiger partial charge is 0.387 e. The highest BCUT2D eigenvalue weighted by Gasteiger charge is 2.26. The number of carbonyl (C=O) groups is 1. The zero-order chi connectivity index (χ0) is 24.1. The summed E-state index contributed by atoms with van der Waals surface area (Å²) in [5.41, 5.74) is 0.630. The first-order chi connectivity index (χ1) is 15.8. The number of oxime groups is 1. The van der Waals surface area contributed by atoms with E-state index in [1.165, 1.54) is 45.5 Å². The zero-order valence-corrected chi connectivity index (χ0v) is 18.6. The third-order valence-corrected chi connectivity index (χ3v) is 5.77. The fourth-order valence-electron chi connectivity index (χ4n) is 3.09. The van der Waals surface area contributed by atoms with Crippen molar-refractivity contribution in [2.24, 2.45) is 11.1 Å². The molecule has 1 aromatic carbocycles. The molecule has 0 fully saturated rings. The van der Waals surface area contributed by atoms with Crippen molar-refractivity contribution in [2.75, 3.05) is 14.2 Å². The van der Waals surface area contributed by atoms with Crippen LogP contribution in [0.5, 0.6) is 17.2 Å². The Morgan fingerprint density at radius 2 is 2.06 bits per heavy atom. The van der Waals surface area contributed by atoms with Crippen LogP contribution in [0.2, 0.25) is 0 Å². The highest BCUT2D eigenvalue weighted by atomic mass is 32.2. The van der Waals surface area contributed by atoms with E-state index in [1.54, 1.807) is 6.07 Å². The number of aromatic nitrogens is 3. The van der Waals surface area contributed by atoms with Crippen molar-refractivity contribution in [1.29, 1.82) is 0 Å². The summed E-state index contributed by atoms with van der Waals surface area (Å²) >= 11 is 0. The standard InChI is InChI=1S/C20H20F2N4O6S/c1-11(9-24-28)18(27)26-15-5-4-12(32-19(21)22)8-13(15)25-20(26)33(29)10-14-17(31-3)16(30-2)6-7-23-14/h4-9,11,19,28H,10H2,1-3H3/b24-9+. The van der Waals surface area contributed by atoms with Crippen molar-refractivity contribution >= 4 is 34.0 Å². The molecule has 0 aliphatic carbocycles. The summed E-state index contributed by atoms with van der Waals surface area (Å²) in [6, 6.07) is 5.38. The van der Waals surface area contributed by atoms with Crippen LogP contribution < -0.4 is 14.2 Å². The van der Waals surface area contributed by atoms with Gasteiger partial charge in [0.15, 0.2) is 11.5 Å². The van der Waals surface area contributed by atoms with Crippen LogP contribution in [-0.2, 0) is 16.6 Å². The fourth-order valence-corrected chi connectivity index (χ4v) is 4.26. The minimum absolute atomic E-state index is 0.114. The van der Waals surface area contributed by atoms with Crippen LogP contribution in [-0.4, -0.2) is 56.9 Å². The maximum absolute atomic E-state index is 13.3. The van der Waals surface area contributed by atoms with E-state index in [1.807, 2.05) is 0 Å². The Morgan fingerprint density at radius 3 is 2.70 bits per heavy atom. The Labute approximate surface area is 189 Å². The highest BCUT2D eigenvalue weighted by molar-refractivity contribution is 7.84. The van der Waals surface area contributed by atoms with Gasteiger partial charge in [0.1, 0.15) is 5.75 Å². The van der Waals surface area contributed by atoms with E-state index >= 15 is 0 Å². The molecule has 2 aromatic heterocycles. The minimum atomic E-state index is -3.05. The molecular formula is C20H20F2N4O6S. The van der Waals surface area contributed by atoms with Crippen LogP contribution in [0.3, 0.4) is 0 Å². The van der Waals surface area contributed by atoms with E-state index in [0.717, 1.165) is 10.8 Å². The normalized spacial score (nSPS) is 13.4. The quantitative estimate of drug-likeness (QED) is 0.280. The molecule has 3 aromatic rings. The number of carbonyl (C=O) groups excluding carboxylic acids is 1. The number of halogens is 2. The third-order valence-electron chi connectivity index (χ3n) is 4.56. The van der Waals surface area contributed by atoms with Gasteiger partial charge in [-0.3, -0.25) is 18.6 Å². The molecule has 0 aliphatic rings. The Bertz CT molecular complexity index is 1220. The number of methoxy groups -OCH3 is 2. The number of ether oxygens (including phenoxy) is 3. The van der Waals surface area contributed by atoms with Gasteiger partial charge in [-0.2, -0.15) is 8.78 Å². The lowest BCUT2D eigenvalue weighted by molar-refractivity contribution is -0.0497. The highest BCUT2D eigenvalue weighted by Crippen LogP contribution is 2.31. The number of hydrogen-bond acceptors (Lipinski definition) is 9. The van der Waals surface area contributed by atoms with Crippen LogP contribution in [0.4, 0.5) is 8.78 Å². The first-order valence-corrected chi connectivity index (χ1v) is 10.8. The molecule has 10 nitrogen and oxygen atoms in total. The lowest BCUT2D eigenvalue weighted by atomic mass is 10.2. The maximum atomic E-state index is 13.3. The second-order valence-electron chi connectivity index (χ2n) is 6.63. The number of hydrogen-bond donors (Lipinski definition) is 1. The van der Waals surface area contributed by atoms with Crippen LogP contribution >= 0.6 is 0 Å². The van der Waals surface area contributed by atoms with Crippen LogP contribution in [0.1, 0.15) is 17.4 Å². The lowest BCUT2D eigenvalue weighted by Crippen LogP contribution is -2.23. The summed E-state index contributed by atoms with van der Waals surface area (Å²) in [4.78, 5) is 21.5. The van der Waals surface area contributed by atoms with Gasteiger partial charge >= 0.3 is 6.61 Å². The van der Waals surface area contributed by atoms with Gasteiger partial charge in [-0.05, 0) is 19.1 Å². The summed E-state index contributed by atoms with van der Waals surface area (Å²) in [6.07, 6.45) is 2.46. The molecule has 2 unspecified atom stereocenters. The summed E-state index contributed by atoms with van der Waals surface area (Å²) in [5.74, 6) is -1.19. The first kappa shape index (κ1) is 24.0. The molecule has 0 saturated carbocycles. The number of rotatable bonds is 9. The molecule has 13 heteroatoms. The molecule has 3 rings (SSSR count). The molecule has 2 heterocycles. The average Bonchev–Trinajstić information content (AvgIpc) is 3.16. The van der Waals surface area contributed by atoms with Crippen LogP contribution in [0.25, 0.3) is 11.0 Å². The fraction of sp³-hybridized carbons (Fsp3) is 0.300. The summed E-state index contributed by atoms with van der Waals surface area (Å²) in [5, 5.41) is 11.5. The third kappa shape index (κ3) is 5.08. The van der Waals surface area contributed by atoms with Gasteiger partial charge in [0.2, 0.25) is 11.1 Å². The van der Waals surface area contributed by atoms with Crippen molar-refractivity contribution in [3.63, 3.8) is 0 Å². The Morgan fingerprint density at radius 1 is 1.30 bits per heavy atom. The van der Waals surface area contributed by atoms with E-state index in [-0.39, 0.29) is 33.4 Å². The summed E-state index contributed by atoms with van der Waals surface area (Å²) in [6.45, 7) is -1.58. The molecule has 0 bridgehead atoms. The molecular weight excluding hydrogens is 462 g/mol. The predicted octanol–water partition coefficient (Wildman–Crippen LogP) is 3.09. The second kappa shape index (κ2) is 10.3. The Hall–Kier alpha value is -3.61. The summed E-state index contributed by atoms with van der Waals surface area (Å²) in [7, 11) is 0.930. The molecule has 176 valence electrons. The molecule has 2 atom stereocenters. The number of benzene rings is 1. The van der Waals surface area contributed by atoms with E-state index in [9.17, 15) is 17.8 Å². The van der Waals surface area contributed by atoms with Crippen LogP contribution in [0, 0.1) is 5.92 Å². The van der Waals surface area contributed by atoms with Crippen molar-refractivity contribution < 1.29 is 37.2 Å². The molecule has 0 radical (unpaired) electrons. The minimum Gasteiger partial charge on any atom is -0.493 e. The Kier molecular flexibility index (Phi) is 7.53. The SMILES string of the molecule is COc1ccnc(CS(=O)c2nc3cc(OC(F)F)ccc3n2C(=O)C(C)/C=N/O)c1OC. The zero-order valence-electron chi connectivity index (χ0n) is 17.8. The van der Waals surface area contributed by atoms with Gasteiger partial charge in [-0.1, -0.05) is 0 Å². The second-order valence-corrected chi connectivity index (χ2v) is 7.98. The molecule has 0 spiro atoms. The number of nitrogens with zero attached hydrogens (tertiary/aromatic N) is 4. The number of imidazole rings is 1. The molecule has 0 aliphatic heterocycles. The monoisotopic (exact) mass is 482 g/mol. The number of alkyl halides is 2. The molecule has 0 amide bonds. The van der Waals surface area contributed by atoms with E-state index in [0.29, 0.717) is 11.4 Å². The maximum Gasteiger partial charge on any atom is 0.387 e. The van der Waals surface area contributed by atoms with Crippen molar-refractivity contribution in [2.45, 2.75) is 24.4 Å². The Balaban J connectivity index is 2.11. The van der Waals surface area contributed by atoms with Crippen molar-refractivity contribution in [3.8, 4) is 17.2 Å². The van der Waals surface area contributed by atoms with Gasteiger partial charge in [0.25, 0.3) is 0 Å². The van der Waals surface area contributed by atoms with E-state index in [2.05, 4.69) is 19.9 Å². The molecule has 1 N–H and O–H groups in total. The van der Waals surface area contributed by atoms with Gasteiger partial charge in [0, 0.05) is 18.3 Å². The average molecular weight is 482 g/mol. The van der Waals surface area contributed by atoms with E-state index < -0.39 is 29.2 Å².